The van der Waals surface area contributed by atoms with Crippen LogP contribution in [0.15, 0.2) is 15.9 Å². The first-order valence-corrected chi connectivity index (χ1v) is 9.16. The Hall–Kier alpha value is -1.45. The van der Waals surface area contributed by atoms with Crippen LogP contribution in [0.5, 0.6) is 0 Å². The minimum Gasteiger partial charge on any atom is -0.480 e. The van der Waals surface area contributed by atoms with Crippen molar-refractivity contribution in [1.82, 2.24) is 10.2 Å². The summed E-state index contributed by atoms with van der Waals surface area (Å²) in [6, 6.07) is 2.59. The van der Waals surface area contributed by atoms with Crippen molar-refractivity contribution in [3.8, 4) is 0 Å². The molecule has 0 saturated carbocycles. The van der Waals surface area contributed by atoms with Crippen LogP contribution in [-0.4, -0.2) is 59.6 Å². The van der Waals surface area contributed by atoms with Crippen molar-refractivity contribution in [2.45, 2.75) is 31.9 Å². The number of carboxylic acids is 1. The quantitative estimate of drug-likeness (QED) is 0.702. The first-order chi connectivity index (χ1) is 11.4. The summed E-state index contributed by atoms with van der Waals surface area (Å²) in [6.07, 6.45) is 1.55. The number of rotatable bonds is 7. The average Bonchev–Trinajstić information content (AvgIpc) is 3.16. The van der Waals surface area contributed by atoms with Gasteiger partial charge >= 0.3 is 5.97 Å². The molecule has 2 N–H and O–H groups in total. The van der Waals surface area contributed by atoms with E-state index >= 15 is 0 Å². The van der Waals surface area contributed by atoms with Crippen LogP contribution in [0.3, 0.4) is 0 Å². The van der Waals surface area contributed by atoms with Gasteiger partial charge in [0.1, 0.15) is 12.6 Å². The fourth-order valence-electron chi connectivity index (χ4n) is 2.47. The van der Waals surface area contributed by atoms with Crippen LogP contribution in [0.1, 0.15) is 29.4 Å². The molecule has 0 radical (unpaired) electrons. The van der Waals surface area contributed by atoms with Gasteiger partial charge in [0.25, 0.3) is 5.91 Å². The van der Waals surface area contributed by atoms with E-state index in [1.54, 1.807) is 19.1 Å². The predicted octanol–water partition coefficient (Wildman–Crippen LogP) is 1.72. The maximum atomic E-state index is 12.5. The highest BCUT2D eigenvalue weighted by Gasteiger charge is 2.28. The molecule has 2 atom stereocenters. The molecule has 1 saturated heterocycles. The van der Waals surface area contributed by atoms with Gasteiger partial charge in [0.2, 0.25) is 5.91 Å². The Morgan fingerprint density at radius 3 is 2.79 bits per heavy atom. The van der Waals surface area contributed by atoms with Crippen molar-refractivity contribution in [1.29, 1.82) is 0 Å². The molecule has 0 unspecified atom stereocenters. The molecule has 2 heterocycles. The molecule has 7 nitrogen and oxygen atoms in total. The number of halogens is 1. The minimum atomic E-state index is -1.10. The Morgan fingerprint density at radius 2 is 2.25 bits per heavy atom. The number of hydrogen-bond acceptors (Lipinski definition) is 5. The van der Waals surface area contributed by atoms with E-state index in [1.807, 2.05) is 0 Å². The number of nitrogens with one attached hydrogen (secondary N) is 1. The fraction of sp³-hybridized carbons (Fsp3) is 0.533. The number of carbonyl (C=O) groups is 3. The lowest BCUT2D eigenvalue weighted by atomic mass is 10.2. The molecular formula is C15H19BrN2O5S. The maximum Gasteiger partial charge on any atom is 0.323 e. The highest BCUT2D eigenvalue weighted by Crippen LogP contribution is 2.22. The third kappa shape index (κ3) is 5.29. The van der Waals surface area contributed by atoms with Gasteiger partial charge in [-0.1, -0.05) is 0 Å². The molecule has 1 aliphatic rings. The van der Waals surface area contributed by atoms with Gasteiger partial charge in [-0.2, -0.15) is 0 Å². The number of nitrogens with zero attached hydrogens (tertiary/aromatic N) is 1. The number of thiophene rings is 1. The lowest BCUT2D eigenvalue weighted by Crippen LogP contribution is -2.50. The summed E-state index contributed by atoms with van der Waals surface area (Å²) in [6.45, 7) is 1.98. The molecule has 24 heavy (non-hydrogen) atoms. The average molecular weight is 419 g/mol. The van der Waals surface area contributed by atoms with Gasteiger partial charge in [-0.25, -0.2) is 0 Å². The number of carboxylic acid groups (broad SMARTS) is 1. The lowest BCUT2D eigenvalue weighted by molar-refractivity contribution is -0.146. The molecule has 9 heteroatoms. The SMILES string of the molecule is C[C@H](NC(=O)c1ccc(Br)s1)C(=O)N(CC(=O)O)C[C@@H]1CCCO1. The van der Waals surface area contributed by atoms with E-state index in [2.05, 4.69) is 21.2 Å². The minimum absolute atomic E-state index is 0.149. The lowest BCUT2D eigenvalue weighted by Gasteiger charge is -2.26. The zero-order chi connectivity index (χ0) is 17.7. The van der Waals surface area contributed by atoms with E-state index in [4.69, 9.17) is 9.84 Å². The van der Waals surface area contributed by atoms with Crippen LogP contribution in [0.25, 0.3) is 0 Å². The first-order valence-electron chi connectivity index (χ1n) is 7.55. The topological polar surface area (TPSA) is 95.9 Å². The highest BCUT2D eigenvalue weighted by molar-refractivity contribution is 9.11. The summed E-state index contributed by atoms with van der Waals surface area (Å²) in [7, 11) is 0. The van der Waals surface area contributed by atoms with Crippen molar-refractivity contribution in [3.63, 3.8) is 0 Å². The molecule has 0 aromatic carbocycles. The smallest absolute Gasteiger partial charge is 0.323 e. The molecule has 1 aliphatic heterocycles. The Labute approximate surface area is 152 Å². The second-order valence-corrected chi connectivity index (χ2v) is 8.01. The van der Waals surface area contributed by atoms with Crippen LogP contribution >= 0.6 is 27.3 Å². The van der Waals surface area contributed by atoms with Crippen molar-refractivity contribution in [2.24, 2.45) is 0 Å². The van der Waals surface area contributed by atoms with Crippen LogP contribution in [0.2, 0.25) is 0 Å². The van der Waals surface area contributed by atoms with Gasteiger partial charge in [0.05, 0.1) is 14.8 Å². The second kappa shape index (κ2) is 8.59. The molecule has 1 aromatic rings. The third-order valence-corrected chi connectivity index (χ3v) is 5.22. The molecule has 0 bridgehead atoms. The Balaban J connectivity index is 1.98. The van der Waals surface area contributed by atoms with Gasteiger partial charge in [0, 0.05) is 13.2 Å². The van der Waals surface area contributed by atoms with E-state index in [9.17, 15) is 14.4 Å². The van der Waals surface area contributed by atoms with E-state index in [-0.39, 0.29) is 18.6 Å². The third-order valence-electron chi connectivity index (χ3n) is 3.60. The summed E-state index contributed by atoms with van der Waals surface area (Å²) in [5.74, 6) is -1.89. The molecule has 1 fully saturated rings. The Bertz CT molecular complexity index is 615. The van der Waals surface area contributed by atoms with E-state index in [1.165, 1.54) is 16.2 Å². The monoisotopic (exact) mass is 418 g/mol. The Kier molecular flexibility index (Phi) is 6.76. The molecule has 1 aromatic heterocycles. The fourth-order valence-corrected chi connectivity index (χ4v) is 3.76. The zero-order valence-electron chi connectivity index (χ0n) is 13.2. The number of carbonyl (C=O) groups excluding carboxylic acids is 2. The largest absolute Gasteiger partial charge is 0.480 e. The van der Waals surface area contributed by atoms with Crippen LogP contribution in [0, 0.1) is 0 Å². The highest BCUT2D eigenvalue weighted by atomic mass is 79.9. The van der Waals surface area contributed by atoms with Crippen LogP contribution < -0.4 is 5.32 Å². The molecular weight excluding hydrogens is 400 g/mol. The molecule has 2 rings (SSSR count). The first kappa shape index (κ1) is 18.9. The number of ether oxygens (including phenoxy) is 1. The normalized spacial score (nSPS) is 18.2. The second-order valence-electron chi connectivity index (χ2n) is 5.55. The van der Waals surface area contributed by atoms with Gasteiger partial charge in [-0.3, -0.25) is 14.4 Å². The number of amides is 2. The van der Waals surface area contributed by atoms with E-state index < -0.39 is 24.5 Å². The maximum absolute atomic E-state index is 12.5. The van der Waals surface area contributed by atoms with Gasteiger partial charge in [-0.15, -0.1) is 11.3 Å². The van der Waals surface area contributed by atoms with Gasteiger partial charge < -0.3 is 20.1 Å². The summed E-state index contributed by atoms with van der Waals surface area (Å²) >= 11 is 4.54. The molecule has 0 aliphatic carbocycles. The van der Waals surface area contributed by atoms with E-state index in [0.29, 0.717) is 11.5 Å². The van der Waals surface area contributed by atoms with Crippen molar-refractivity contribution in [2.75, 3.05) is 19.7 Å². The van der Waals surface area contributed by atoms with Crippen LogP contribution in [0.4, 0.5) is 0 Å². The number of aliphatic carboxylic acids is 1. The summed E-state index contributed by atoms with van der Waals surface area (Å²) in [4.78, 5) is 37.4. The molecule has 0 spiro atoms. The molecule has 132 valence electrons. The van der Waals surface area contributed by atoms with E-state index in [0.717, 1.165) is 16.6 Å². The Morgan fingerprint density at radius 1 is 1.50 bits per heavy atom. The van der Waals surface area contributed by atoms with Gasteiger partial charge in [-0.05, 0) is 47.8 Å². The van der Waals surface area contributed by atoms with Crippen molar-refractivity contribution in [3.05, 3.63) is 20.8 Å². The standard InChI is InChI=1S/C15H19BrN2O5S/c1-9(17-14(21)11-4-5-12(16)24-11)15(22)18(8-13(19)20)7-10-3-2-6-23-10/h4-5,9-10H,2-3,6-8H2,1H3,(H,17,21)(H,19,20)/t9-,10-/m0/s1. The summed E-state index contributed by atoms with van der Waals surface area (Å²) in [5.41, 5.74) is 0. The predicted molar refractivity (Wildman–Crippen MR) is 92.1 cm³/mol. The van der Waals surface area contributed by atoms with Crippen molar-refractivity contribution < 1.29 is 24.2 Å². The summed E-state index contributed by atoms with van der Waals surface area (Å²) < 4.78 is 6.29. The zero-order valence-corrected chi connectivity index (χ0v) is 15.6. The number of hydrogen-bond donors (Lipinski definition) is 2. The van der Waals surface area contributed by atoms with Crippen LogP contribution in [-0.2, 0) is 14.3 Å². The summed E-state index contributed by atoms with van der Waals surface area (Å²) in [5, 5.41) is 11.6. The van der Waals surface area contributed by atoms with Crippen molar-refractivity contribution >= 4 is 45.1 Å². The van der Waals surface area contributed by atoms with Gasteiger partial charge in [0.15, 0.2) is 0 Å². The molecule has 2 amide bonds.